The van der Waals surface area contributed by atoms with Gasteiger partial charge in [0.25, 0.3) is 0 Å². The Morgan fingerprint density at radius 2 is 0.860 bits per heavy atom. The molecular formula is C37H30N6. The highest BCUT2D eigenvalue weighted by atomic mass is 15.5. The summed E-state index contributed by atoms with van der Waals surface area (Å²) in [5.74, 6) is 1.72. The lowest BCUT2D eigenvalue weighted by Crippen LogP contribution is -2.38. The molecule has 4 aromatic carbocycles. The molecule has 6 nitrogen and oxygen atoms in total. The molecule has 0 saturated carbocycles. The van der Waals surface area contributed by atoms with Crippen LogP contribution in [0.15, 0.2) is 146 Å². The number of benzene rings is 4. The van der Waals surface area contributed by atoms with Crippen molar-refractivity contribution in [3.05, 3.63) is 146 Å². The molecule has 4 aromatic heterocycles. The van der Waals surface area contributed by atoms with Crippen molar-refractivity contribution in [1.82, 2.24) is 28.7 Å². The summed E-state index contributed by atoms with van der Waals surface area (Å²) < 4.78 is 8.55. The first-order chi connectivity index (χ1) is 21.1. The highest BCUT2D eigenvalue weighted by molar-refractivity contribution is 5.83. The predicted molar refractivity (Wildman–Crippen MR) is 174 cm³/mol. The van der Waals surface area contributed by atoms with E-state index in [2.05, 4.69) is 166 Å². The predicted octanol–water partition coefficient (Wildman–Crippen LogP) is 8.54. The van der Waals surface area contributed by atoms with E-state index in [0.717, 1.165) is 45.2 Å². The molecule has 0 N–H and O–H groups in total. The van der Waals surface area contributed by atoms with Crippen LogP contribution in [0, 0.1) is 0 Å². The van der Waals surface area contributed by atoms with Gasteiger partial charge < -0.3 is 0 Å². The van der Waals surface area contributed by atoms with Crippen molar-refractivity contribution in [1.29, 1.82) is 0 Å². The van der Waals surface area contributed by atoms with E-state index in [-0.39, 0.29) is 0 Å². The normalized spacial score (nSPS) is 12.0. The average Bonchev–Trinajstić information content (AvgIpc) is 3.85. The number of fused-ring (bicyclic) bond motifs is 2. The molecule has 0 aliphatic rings. The molecule has 0 amide bonds. The minimum absolute atomic E-state index is 0.682. The van der Waals surface area contributed by atoms with Crippen molar-refractivity contribution >= 4 is 21.8 Å². The average molecular weight is 559 g/mol. The van der Waals surface area contributed by atoms with Crippen LogP contribution in [0.5, 0.6) is 0 Å². The van der Waals surface area contributed by atoms with Gasteiger partial charge >= 0.3 is 0 Å². The quantitative estimate of drug-likeness (QED) is 0.205. The number of nitrogens with zero attached hydrogens (tertiary/aromatic N) is 6. The van der Waals surface area contributed by atoms with Gasteiger partial charge in [0, 0.05) is 24.5 Å². The van der Waals surface area contributed by atoms with E-state index >= 15 is 0 Å². The second-order valence-electron chi connectivity index (χ2n) is 11.3. The van der Waals surface area contributed by atoms with Crippen molar-refractivity contribution in [2.75, 3.05) is 0 Å². The zero-order valence-corrected chi connectivity index (χ0v) is 24.0. The topological polar surface area (TPSA) is 45.5 Å². The Labute approximate surface area is 249 Å². The standard InChI is InChI=1S/C37H30N6/c1-37(2,42-33(27-13-5-3-6-14-27)25-35(38-42)40-23-21-29-17-9-11-19-31(29)40)43-34(28-15-7-4-8-16-28)26-36(39-43)41-24-22-30-18-10-12-20-32(30)41/h3-26H,1-2H3. The van der Waals surface area contributed by atoms with E-state index in [4.69, 9.17) is 10.2 Å². The first-order valence-corrected chi connectivity index (χ1v) is 14.5. The third-order valence-corrected chi connectivity index (χ3v) is 8.26. The lowest BCUT2D eigenvalue weighted by atomic mass is 10.1. The first kappa shape index (κ1) is 25.1. The highest BCUT2D eigenvalue weighted by Crippen LogP contribution is 2.35. The van der Waals surface area contributed by atoms with E-state index in [1.165, 1.54) is 10.8 Å². The lowest BCUT2D eigenvalue weighted by Gasteiger charge is -2.30. The number of aromatic nitrogens is 6. The lowest BCUT2D eigenvalue weighted by molar-refractivity contribution is 0.241. The maximum atomic E-state index is 5.30. The molecule has 0 spiro atoms. The zero-order valence-electron chi connectivity index (χ0n) is 24.0. The van der Waals surface area contributed by atoms with E-state index in [1.54, 1.807) is 0 Å². The van der Waals surface area contributed by atoms with Gasteiger partial charge in [0.1, 0.15) is 5.66 Å². The molecule has 0 aliphatic carbocycles. The van der Waals surface area contributed by atoms with E-state index in [1.807, 2.05) is 12.1 Å². The molecule has 8 rings (SSSR count). The monoisotopic (exact) mass is 558 g/mol. The van der Waals surface area contributed by atoms with Crippen LogP contribution in [-0.4, -0.2) is 28.7 Å². The van der Waals surface area contributed by atoms with E-state index in [9.17, 15) is 0 Å². The molecule has 0 radical (unpaired) electrons. The van der Waals surface area contributed by atoms with Gasteiger partial charge in [0.2, 0.25) is 0 Å². The number of rotatable bonds is 6. The van der Waals surface area contributed by atoms with Gasteiger partial charge in [0.05, 0.1) is 22.4 Å². The van der Waals surface area contributed by atoms with Crippen LogP contribution >= 0.6 is 0 Å². The minimum Gasteiger partial charge on any atom is -0.300 e. The number of hydrogen-bond donors (Lipinski definition) is 0. The maximum Gasteiger partial charge on any atom is 0.159 e. The fraction of sp³-hybridized carbons (Fsp3) is 0.0811. The SMILES string of the molecule is CC(C)(n1nc(-n2ccc3ccccc32)cc1-c1ccccc1)n1nc(-n2ccc3ccccc32)cc1-c1ccccc1. The summed E-state index contributed by atoms with van der Waals surface area (Å²) in [5.41, 5.74) is 5.78. The highest BCUT2D eigenvalue weighted by Gasteiger charge is 2.32. The largest absolute Gasteiger partial charge is 0.300 e. The minimum atomic E-state index is -0.682. The molecule has 0 atom stereocenters. The van der Waals surface area contributed by atoms with Gasteiger partial charge in [-0.05, 0) is 60.0 Å². The zero-order chi connectivity index (χ0) is 29.0. The smallest absolute Gasteiger partial charge is 0.159 e. The van der Waals surface area contributed by atoms with Gasteiger partial charge in [-0.2, -0.15) is 10.2 Å². The molecular weight excluding hydrogens is 528 g/mol. The summed E-state index contributed by atoms with van der Waals surface area (Å²) in [4.78, 5) is 0. The Kier molecular flexibility index (Phi) is 5.69. The summed E-state index contributed by atoms with van der Waals surface area (Å²) in [5, 5.41) is 13.0. The Morgan fingerprint density at radius 1 is 0.465 bits per heavy atom. The second-order valence-corrected chi connectivity index (χ2v) is 11.3. The fourth-order valence-electron chi connectivity index (χ4n) is 6.09. The van der Waals surface area contributed by atoms with Gasteiger partial charge in [0.15, 0.2) is 11.6 Å². The molecule has 0 fully saturated rings. The molecule has 208 valence electrons. The molecule has 8 aromatic rings. The van der Waals surface area contributed by atoms with Crippen LogP contribution in [0.2, 0.25) is 0 Å². The molecule has 0 saturated heterocycles. The molecule has 6 heteroatoms. The van der Waals surface area contributed by atoms with Crippen LogP contribution in [0.4, 0.5) is 0 Å². The van der Waals surface area contributed by atoms with Crippen LogP contribution < -0.4 is 0 Å². The Morgan fingerprint density at radius 3 is 1.30 bits per heavy atom. The summed E-state index contributed by atoms with van der Waals surface area (Å²) >= 11 is 0. The van der Waals surface area contributed by atoms with Crippen LogP contribution in [0.3, 0.4) is 0 Å². The Bertz CT molecular complexity index is 2050. The van der Waals surface area contributed by atoms with Crippen LogP contribution in [-0.2, 0) is 5.66 Å². The van der Waals surface area contributed by atoms with Crippen molar-refractivity contribution in [3.63, 3.8) is 0 Å². The van der Waals surface area contributed by atoms with Crippen molar-refractivity contribution < 1.29 is 0 Å². The summed E-state index contributed by atoms with van der Waals surface area (Å²) in [6, 6.07) is 46.4. The Hall–Kier alpha value is -5.62. The van der Waals surface area contributed by atoms with Crippen molar-refractivity contribution in [3.8, 4) is 34.2 Å². The molecule has 0 bridgehead atoms. The van der Waals surface area contributed by atoms with E-state index < -0.39 is 5.66 Å². The Balaban J connectivity index is 1.36. The molecule has 4 heterocycles. The molecule has 0 unspecified atom stereocenters. The van der Waals surface area contributed by atoms with Crippen molar-refractivity contribution in [2.45, 2.75) is 19.5 Å². The third kappa shape index (κ3) is 4.10. The van der Waals surface area contributed by atoms with Gasteiger partial charge in [-0.15, -0.1) is 0 Å². The van der Waals surface area contributed by atoms with Gasteiger partial charge in [-0.1, -0.05) is 97.1 Å². The third-order valence-electron chi connectivity index (χ3n) is 8.26. The fourth-order valence-corrected chi connectivity index (χ4v) is 6.09. The van der Waals surface area contributed by atoms with Gasteiger partial charge in [-0.3, -0.25) is 9.13 Å². The summed E-state index contributed by atoms with van der Waals surface area (Å²) in [6.07, 6.45) is 4.19. The van der Waals surface area contributed by atoms with Crippen LogP contribution in [0.1, 0.15) is 13.8 Å². The van der Waals surface area contributed by atoms with Crippen LogP contribution in [0.25, 0.3) is 56.0 Å². The van der Waals surface area contributed by atoms with Gasteiger partial charge in [-0.25, -0.2) is 9.36 Å². The first-order valence-electron chi connectivity index (χ1n) is 14.5. The number of hydrogen-bond acceptors (Lipinski definition) is 2. The summed E-state index contributed by atoms with van der Waals surface area (Å²) in [6.45, 7) is 4.36. The van der Waals surface area contributed by atoms with E-state index in [0.29, 0.717) is 0 Å². The summed E-state index contributed by atoms with van der Waals surface area (Å²) in [7, 11) is 0. The maximum absolute atomic E-state index is 5.30. The number of para-hydroxylation sites is 2. The molecule has 43 heavy (non-hydrogen) atoms. The molecule has 0 aliphatic heterocycles. The van der Waals surface area contributed by atoms with Crippen molar-refractivity contribution in [2.24, 2.45) is 0 Å². The second kappa shape index (κ2) is 9.74.